The minimum Gasteiger partial charge on any atom is -0.465 e. The lowest BCUT2D eigenvalue weighted by molar-refractivity contribution is 0.132. The molecule has 0 spiro atoms. The molecule has 1 aliphatic heterocycles. The van der Waals surface area contributed by atoms with Crippen molar-refractivity contribution in [2.75, 3.05) is 23.1 Å². The summed E-state index contributed by atoms with van der Waals surface area (Å²) in [5, 5.41) is 14.0. The zero-order valence-electron chi connectivity index (χ0n) is 24.4. The molecule has 0 unspecified atom stereocenters. The van der Waals surface area contributed by atoms with Crippen LogP contribution in [0.1, 0.15) is 24.0 Å². The molecule has 1 saturated heterocycles. The number of aryl methyl sites for hydroxylation is 1. The van der Waals surface area contributed by atoms with Gasteiger partial charge in [-0.2, -0.15) is 0 Å². The second-order valence-electron chi connectivity index (χ2n) is 10.8. The molecular formula is C32H31N7O5S. The third-order valence-corrected chi connectivity index (χ3v) is 8.75. The second-order valence-corrected chi connectivity index (χ2v) is 12.5. The number of benzene rings is 2. The van der Waals surface area contributed by atoms with E-state index in [4.69, 9.17) is 9.72 Å². The quantitative estimate of drug-likeness (QED) is 0.186. The van der Waals surface area contributed by atoms with Crippen LogP contribution in [0.3, 0.4) is 0 Å². The molecule has 13 heteroatoms. The standard InChI is InChI=1S/C32H31N7O5S/c1-21-9-10-24-25(6-2-8-28(24)38-45(42,43)20-22-11-15-33-16-12-22)29(21)44-30-26(7-3-14-34-30)27-13-17-35-31(37-27)36-23-5-4-18-39(19-23)32(40)41/h2-3,6-17,23,38H,4-5,18-20H2,1H3,(H,40,41)(H,35,36,37)/t23-/m0/s1. The Morgan fingerprint density at radius 2 is 1.84 bits per heavy atom. The summed E-state index contributed by atoms with van der Waals surface area (Å²) in [5.41, 5.74) is 3.10. The van der Waals surface area contributed by atoms with Crippen LogP contribution in [0.15, 0.2) is 85.5 Å². The van der Waals surface area contributed by atoms with Crippen LogP contribution in [-0.4, -0.2) is 63.6 Å². The summed E-state index contributed by atoms with van der Waals surface area (Å²) in [6.07, 6.45) is 7.00. The summed E-state index contributed by atoms with van der Waals surface area (Å²) in [6.45, 7) is 2.78. The lowest BCUT2D eigenvalue weighted by Crippen LogP contribution is -2.44. The molecule has 0 radical (unpaired) electrons. The predicted octanol–water partition coefficient (Wildman–Crippen LogP) is 5.68. The van der Waals surface area contributed by atoms with Gasteiger partial charge in [-0.25, -0.2) is 28.2 Å². The van der Waals surface area contributed by atoms with Gasteiger partial charge in [0.25, 0.3) is 0 Å². The number of carboxylic acid groups (broad SMARTS) is 1. The van der Waals surface area contributed by atoms with Crippen LogP contribution in [0.5, 0.6) is 11.6 Å². The number of piperidine rings is 1. The number of rotatable bonds is 9. The van der Waals surface area contributed by atoms with Gasteiger partial charge in [0.1, 0.15) is 5.75 Å². The molecule has 6 rings (SSSR count). The highest BCUT2D eigenvalue weighted by Gasteiger charge is 2.24. The normalized spacial score (nSPS) is 15.0. The summed E-state index contributed by atoms with van der Waals surface area (Å²) in [5.74, 6) is 1.04. The van der Waals surface area contributed by atoms with Gasteiger partial charge in [-0.1, -0.05) is 24.3 Å². The third kappa shape index (κ3) is 6.93. The minimum atomic E-state index is -3.71. The molecule has 3 aromatic heterocycles. The first-order chi connectivity index (χ1) is 21.8. The van der Waals surface area contributed by atoms with Gasteiger partial charge in [0.05, 0.1) is 22.7 Å². The van der Waals surface area contributed by atoms with E-state index in [2.05, 4.69) is 25.0 Å². The van der Waals surface area contributed by atoms with Crippen LogP contribution >= 0.6 is 0 Å². The maximum absolute atomic E-state index is 13.0. The maximum Gasteiger partial charge on any atom is 0.407 e. The van der Waals surface area contributed by atoms with Crippen molar-refractivity contribution in [3.63, 3.8) is 0 Å². The lowest BCUT2D eigenvalue weighted by atomic mass is 10.0. The molecule has 0 bridgehead atoms. The van der Waals surface area contributed by atoms with Gasteiger partial charge in [0.2, 0.25) is 21.9 Å². The van der Waals surface area contributed by atoms with Crippen molar-refractivity contribution in [3.05, 3.63) is 96.6 Å². The van der Waals surface area contributed by atoms with Crippen molar-refractivity contribution in [1.29, 1.82) is 0 Å². The average molecular weight is 626 g/mol. The number of carbonyl (C=O) groups is 1. The van der Waals surface area contributed by atoms with E-state index >= 15 is 0 Å². The number of hydrogen-bond donors (Lipinski definition) is 3. The summed E-state index contributed by atoms with van der Waals surface area (Å²) in [6, 6.07) is 17.7. The highest BCUT2D eigenvalue weighted by Crippen LogP contribution is 2.39. The average Bonchev–Trinajstić information content (AvgIpc) is 3.03. The molecule has 230 valence electrons. The SMILES string of the molecule is Cc1ccc2c(NS(=O)(=O)Cc3ccncc3)cccc2c1Oc1ncccc1-c1ccnc(N[C@H]2CCCN(C(=O)O)C2)n1. The first-order valence-electron chi connectivity index (χ1n) is 14.4. The highest BCUT2D eigenvalue weighted by molar-refractivity contribution is 7.91. The van der Waals surface area contributed by atoms with E-state index in [0.717, 1.165) is 18.4 Å². The van der Waals surface area contributed by atoms with E-state index in [0.29, 0.717) is 63.9 Å². The van der Waals surface area contributed by atoms with Crippen LogP contribution in [0.4, 0.5) is 16.4 Å². The highest BCUT2D eigenvalue weighted by atomic mass is 32.2. The van der Waals surface area contributed by atoms with Gasteiger partial charge >= 0.3 is 6.09 Å². The molecule has 1 atom stereocenters. The van der Waals surface area contributed by atoms with Gasteiger partial charge in [-0.05, 0) is 67.3 Å². The number of ether oxygens (including phenoxy) is 1. The van der Waals surface area contributed by atoms with E-state index in [1.165, 1.54) is 4.90 Å². The van der Waals surface area contributed by atoms with Crippen molar-refractivity contribution in [1.82, 2.24) is 24.8 Å². The van der Waals surface area contributed by atoms with Crippen molar-refractivity contribution in [3.8, 4) is 22.9 Å². The monoisotopic (exact) mass is 625 g/mol. The topological polar surface area (TPSA) is 160 Å². The Balaban J connectivity index is 1.28. The Morgan fingerprint density at radius 1 is 1.00 bits per heavy atom. The lowest BCUT2D eigenvalue weighted by Gasteiger charge is -2.31. The zero-order chi connectivity index (χ0) is 31.4. The number of hydrogen-bond acceptors (Lipinski definition) is 9. The number of amides is 1. The van der Waals surface area contributed by atoms with E-state index < -0.39 is 16.1 Å². The summed E-state index contributed by atoms with van der Waals surface area (Å²) >= 11 is 0. The second kappa shape index (κ2) is 12.7. The van der Waals surface area contributed by atoms with Crippen LogP contribution < -0.4 is 14.8 Å². The van der Waals surface area contributed by atoms with Crippen LogP contribution in [0, 0.1) is 6.92 Å². The summed E-state index contributed by atoms with van der Waals surface area (Å²) < 4.78 is 35.3. The van der Waals surface area contributed by atoms with Crippen molar-refractivity contribution in [2.24, 2.45) is 0 Å². The number of aromatic nitrogens is 4. The Morgan fingerprint density at radius 3 is 2.67 bits per heavy atom. The van der Waals surface area contributed by atoms with Gasteiger partial charge in [0.15, 0.2) is 0 Å². The maximum atomic E-state index is 13.0. The fourth-order valence-corrected chi connectivity index (χ4v) is 6.58. The molecule has 12 nitrogen and oxygen atoms in total. The number of anilines is 2. The fraction of sp³-hybridized carbons (Fsp3) is 0.219. The molecule has 3 N–H and O–H groups in total. The number of fused-ring (bicyclic) bond motifs is 1. The molecule has 4 heterocycles. The number of nitrogens with one attached hydrogen (secondary N) is 2. The first-order valence-corrected chi connectivity index (χ1v) is 16.0. The smallest absolute Gasteiger partial charge is 0.407 e. The molecule has 0 saturated carbocycles. The summed E-state index contributed by atoms with van der Waals surface area (Å²) in [7, 11) is -3.71. The molecule has 1 aliphatic rings. The minimum absolute atomic E-state index is 0.107. The van der Waals surface area contributed by atoms with E-state index in [1.54, 1.807) is 61.2 Å². The van der Waals surface area contributed by atoms with Crippen LogP contribution in [-0.2, 0) is 15.8 Å². The molecule has 1 fully saturated rings. The van der Waals surface area contributed by atoms with Gasteiger partial charge < -0.3 is 20.1 Å². The molecule has 45 heavy (non-hydrogen) atoms. The largest absolute Gasteiger partial charge is 0.465 e. The van der Waals surface area contributed by atoms with Crippen molar-refractivity contribution >= 4 is 38.5 Å². The van der Waals surface area contributed by atoms with Crippen LogP contribution in [0.25, 0.3) is 22.0 Å². The van der Waals surface area contributed by atoms with Gasteiger partial charge in [-0.15, -0.1) is 0 Å². The molecule has 2 aromatic carbocycles. The first kappa shape index (κ1) is 29.8. The predicted molar refractivity (Wildman–Crippen MR) is 171 cm³/mol. The van der Waals surface area contributed by atoms with Gasteiger partial charge in [0, 0.05) is 54.7 Å². The fourth-order valence-electron chi connectivity index (χ4n) is 5.36. The Kier molecular flexibility index (Phi) is 8.43. The Hall–Kier alpha value is -5.30. The number of pyridine rings is 2. The zero-order valence-corrected chi connectivity index (χ0v) is 25.2. The van der Waals surface area contributed by atoms with E-state index in [1.807, 2.05) is 31.2 Å². The number of nitrogens with zero attached hydrogens (tertiary/aromatic N) is 5. The molecule has 1 amide bonds. The van der Waals surface area contributed by atoms with E-state index in [9.17, 15) is 18.3 Å². The van der Waals surface area contributed by atoms with Crippen molar-refractivity contribution < 1.29 is 23.1 Å². The van der Waals surface area contributed by atoms with Crippen molar-refractivity contribution in [2.45, 2.75) is 31.6 Å². The Labute approximate surface area is 260 Å². The summed E-state index contributed by atoms with van der Waals surface area (Å²) in [4.78, 5) is 30.3. The van der Waals surface area contributed by atoms with E-state index in [-0.39, 0.29) is 11.8 Å². The Bertz CT molecular complexity index is 1960. The molecular weight excluding hydrogens is 594 g/mol. The number of sulfonamides is 1. The molecule has 5 aromatic rings. The third-order valence-electron chi connectivity index (χ3n) is 7.51. The van der Waals surface area contributed by atoms with Crippen LogP contribution in [0.2, 0.25) is 0 Å². The van der Waals surface area contributed by atoms with Gasteiger partial charge in [-0.3, -0.25) is 9.71 Å². The molecule has 0 aliphatic carbocycles. The number of likely N-dealkylation sites (tertiary alicyclic amines) is 1.